The van der Waals surface area contributed by atoms with E-state index in [-0.39, 0.29) is 6.04 Å². The van der Waals surface area contributed by atoms with Crippen LogP contribution in [0.15, 0.2) is 84.9 Å². The molecule has 0 aromatic heterocycles. The minimum atomic E-state index is 0.274. The second-order valence-electron chi connectivity index (χ2n) is 5.19. The van der Waals surface area contributed by atoms with E-state index < -0.39 is 0 Å². The Morgan fingerprint density at radius 2 is 1.24 bits per heavy atom. The van der Waals surface area contributed by atoms with Crippen molar-refractivity contribution in [1.82, 2.24) is 0 Å². The Kier molecular flexibility index (Phi) is 4.02. The highest BCUT2D eigenvalue weighted by Crippen LogP contribution is 2.30. The molecule has 0 aliphatic rings. The molecule has 0 heterocycles. The van der Waals surface area contributed by atoms with Crippen molar-refractivity contribution in [1.29, 1.82) is 0 Å². The zero-order chi connectivity index (χ0) is 14.5. The molecule has 104 valence electrons. The lowest BCUT2D eigenvalue weighted by Gasteiger charge is -2.18. The van der Waals surface area contributed by atoms with Gasteiger partial charge in [-0.15, -0.1) is 0 Å². The molecule has 0 fully saturated rings. The van der Waals surface area contributed by atoms with E-state index in [1.165, 1.54) is 22.4 Å². The molecule has 1 atom stereocenters. The first-order chi connectivity index (χ1) is 10.3. The molecule has 0 saturated heterocycles. The zero-order valence-electron chi connectivity index (χ0n) is 12.2. The van der Waals surface area contributed by atoms with Crippen molar-refractivity contribution in [3.8, 4) is 11.1 Å². The van der Waals surface area contributed by atoms with Crippen molar-refractivity contribution in [2.75, 3.05) is 5.32 Å². The molecule has 1 nitrogen and oxygen atoms in total. The molecule has 0 saturated carbocycles. The lowest BCUT2D eigenvalue weighted by Crippen LogP contribution is -2.07. The highest BCUT2D eigenvalue weighted by Gasteiger charge is 2.08. The average Bonchev–Trinajstić information content (AvgIpc) is 2.57. The Morgan fingerprint density at radius 1 is 0.667 bits per heavy atom. The van der Waals surface area contributed by atoms with E-state index in [1.54, 1.807) is 0 Å². The molecule has 3 rings (SSSR count). The fourth-order valence-corrected chi connectivity index (χ4v) is 2.54. The summed E-state index contributed by atoms with van der Waals surface area (Å²) in [4.78, 5) is 0. The number of para-hydroxylation sites is 1. The smallest absolute Gasteiger partial charge is 0.0485 e. The van der Waals surface area contributed by atoms with Crippen molar-refractivity contribution in [2.45, 2.75) is 13.0 Å². The Labute approximate surface area is 126 Å². The summed E-state index contributed by atoms with van der Waals surface area (Å²) < 4.78 is 0. The quantitative estimate of drug-likeness (QED) is 0.659. The predicted molar refractivity (Wildman–Crippen MR) is 90.4 cm³/mol. The van der Waals surface area contributed by atoms with Crippen LogP contribution >= 0.6 is 0 Å². The van der Waals surface area contributed by atoms with Crippen molar-refractivity contribution in [3.63, 3.8) is 0 Å². The van der Waals surface area contributed by atoms with Gasteiger partial charge in [0.05, 0.1) is 0 Å². The third-order valence-corrected chi connectivity index (χ3v) is 3.68. The van der Waals surface area contributed by atoms with Crippen molar-refractivity contribution < 1.29 is 0 Å². The first-order valence-electron chi connectivity index (χ1n) is 7.30. The van der Waals surface area contributed by atoms with Gasteiger partial charge in [-0.25, -0.2) is 0 Å². The summed E-state index contributed by atoms with van der Waals surface area (Å²) in [6.07, 6.45) is 0. The summed E-state index contributed by atoms with van der Waals surface area (Å²) >= 11 is 0. The van der Waals surface area contributed by atoms with Crippen LogP contribution in [-0.4, -0.2) is 0 Å². The average molecular weight is 273 g/mol. The molecule has 1 heteroatoms. The number of hydrogen-bond acceptors (Lipinski definition) is 1. The lowest BCUT2D eigenvalue weighted by molar-refractivity contribution is 0.885. The van der Waals surface area contributed by atoms with E-state index in [0.717, 1.165) is 0 Å². The molecule has 3 aromatic rings. The maximum atomic E-state index is 3.63. The van der Waals surface area contributed by atoms with Crippen LogP contribution < -0.4 is 5.32 Å². The molecule has 0 spiro atoms. The second kappa shape index (κ2) is 6.27. The Morgan fingerprint density at radius 3 is 1.95 bits per heavy atom. The van der Waals surface area contributed by atoms with Crippen LogP contribution in [0.5, 0.6) is 0 Å². The van der Waals surface area contributed by atoms with Gasteiger partial charge in [-0.2, -0.15) is 0 Å². The fourth-order valence-electron chi connectivity index (χ4n) is 2.54. The number of nitrogens with one attached hydrogen (secondary N) is 1. The van der Waals surface area contributed by atoms with Gasteiger partial charge in [0.1, 0.15) is 0 Å². The number of hydrogen-bond donors (Lipinski definition) is 1. The largest absolute Gasteiger partial charge is 0.378 e. The Bertz CT molecular complexity index is 689. The molecule has 0 bridgehead atoms. The standard InChI is InChI=1S/C20H19N/c1-16(17-10-4-2-5-11-17)21-20-15-9-8-14-19(20)18-12-6-3-7-13-18/h2-16,21H,1H3. The van der Waals surface area contributed by atoms with E-state index >= 15 is 0 Å². The van der Waals surface area contributed by atoms with Crippen LogP contribution in [0.25, 0.3) is 11.1 Å². The molecule has 3 aromatic carbocycles. The third-order valence-electron chi connectivity index (χ3n) is 3.68. The third kappa shape index (κ3) is 3.14. The van der Waals surface area contributed by atoms with Gasteiger partial charge in [0, 0.05) is 17.3 Å². The van der Waals surface area contributed by atoms with E-state index in [0.29, 0.717) is 0 Å². The van der Waals surface area contributed by atoms with Crippen molar-refractivity contribution in [2.24, 2.45) is 0 Å². The van der Waals surface area contributed by atoms with E-state index in [4.69, 9.17) is 0 Å². The molecule has 0 aliphatic heterocycles. The zero-order valence-corrected chi connectivity index (χ0v) is 12.2. The van der Waals surface area contributed by atoms with E-state index in [2.05, 4.69) is 85.0 Å². The molecule has 1 unspecified atom stereocenters. The van der Waals surface area contributed by atoms with Crippen molar-refractivity contribution in [3.05, 3.63) is 90.5 Å². The lowest BCUT2D eigenvalue weighted by atomic mass is 10.0. The summed E-state index contributed by atoms with van der Waals surface area (Å²) in [7, 11) is 0. The van der Waals surface area contributed by atoms with Gasteiger partial charge in [0.25, 0.3) is 0 Å². The number of benzene rings is 3. The normalized spacial score (nSPS) is 11.9. The van der Waals surface area contributed by atoms with Gasteiger partial charge in [-0.3, -0.25) is 0 Å². The SMILES string of the molecule is CC(Nc1ccccc1-c1ccccc1)c1ccccc1. The molecule has 21 heavy (non-hydrogen) atoms. The van der Waals surface area contributed by atoms with Gasteiger partial charge in [-0.1, -0.05) is 78.9 Å². The summed E-state index contributed by atoms with van der Waals surface area (Å²) in [5.41, 5.74) is 4.93. The molecule has 1 N–H and O–H groups in total. The fraction of sp³-hybridized carbons (Fsp3) is 0.100. The summed E-state index contributed by atoms with van der Waals surface area (Å²) in [6.45, 7) is 2.19. The maximum absolute atomic E-state index is 3.63. The molecule has 0 radical (unpaired) electrons. The minimum absolute atomic E-state index is 0.274. The topological polar surface area (TPSA) is 12.0 Å². The van der Waals surface area contributed by atoms with Crippen LogP contribution in [0.1, 0.15) is 18.5 Å². The molecule has 0 amide bonds. The van der Waals surface area contributed by atoms with Crippen LogP contribution in [0.2, 0.25) is 0 Å². The van der Waals surface area contributed by atoms with E-state index in [1.807, 2.05) is 12.1 Å². The molecule has 0 aliphatic carbocycles. The van der Waals surface area contributed by atoms with Gasteiger partial charge < -0.3 is 5.32 Å². The summed E-state index contributed by atoms with van der Waals surface area (Å²) in [6, 6.07) is 29.8. The monoisotopic (exact) mass is 273 g/mol. The van der Waals surface area contributed by atoms with Gasteiger partial charge in [-0.05, 0) is 24.1 Å². The number of rotatable bonds is 4. The Balaban J connectivity index is 1.90. The van der Waals surface area contributed by atoms with Gasteiger partial charge in [0.2, 0.25) is 0 Å². The van der Waals surface area contributed by atoms with Crippen LogP contribution in [0.3, 0.4) is 0 Å². The highest BCUT2D eigenvalue weighted by molar-refractivity contribution is 5.78. The van der Waals surface area contributed by atoms with Gasteiger partial charge in [0.15, 0.2) is 0 Å². The minimum Gasteiger partial charge on any atom is -0.378 e. The van der Waals surface area contributed by atoms with Crippen molar-refractivity contribution >= 4 is 5.69 Å². The summed E-state index contributed by atoms with van der Waals surface area (Å²) in [5.74, 6) is 0. The van der Waals surface area contributed by atoms with Crippen LogP contribution in [0.4, 0.5) is 5.69 Å². The van der Waals surface area contributed by atoms with Crippen LogP contribution in [0, 0.1) is 0 Å². The molecular formula is C20H19N. The maximum Gasteiger partial charge on any atom is 0.0485 e. The Hall–Kier alpha value is -2.54. The first kappa shape index (κ1) is 13.4. The van der Waals surface area contributed by atoms with E-state index in [9.17, 15) is 0 Å². The summed E-state index contributed by atoms with van der Waals surface area (Å²) in [5, 5.41) is 3.63. The second-order valence-corrected chi connectivity index (χ2v) is 5.19. The number of anilines is 1. The van der Waals surface area contributed by atoms with Gasteiger partial charge >= 0.3 is 0 Å². The first-order valence-corrected chi connectivity index (χ1v) is 7.30. The highest BCUT2D eigenvalue weighted by atomic mass is 14.9. The van der Waals surface area contributed by atoms with Crippen LogP contribution in [-0.2, 0) is 0 Å². The molecular weight excluding hydrogens is 254 g/mol. The predicted octanol–water partition coefficient (Wildman–Crippen LogP) is 5.53.